The van der Waals surface area contributed by atoms with Gasteiger partial charge >= 0.3 is 5.97 Å². The van der Waals surface area contributed by atoms with E-state index >= 15 is 0 Å². The molecule has 1 aliphatic rings. The first-order chi connectivity index (χ1) is 11.0. The van der Waals surface area contributed by atoms with E-state index in [9.17, 15) is 13.2 Å². The van der Waals surface area contributed by atoms with E-state index < -0.39 is 16.0 Å². The Bertz CT molecular complexity index is 860. The molecule has 0 bridgehead atoms. The number of carbonyl (C=O) groups is 1. The standard InChI is InChI=1S/C17H17NO4S/c1-12-11-13-7-3-5-9-15(13)18(12)23(20,21)16-10-6-4-8-14(16)17(19)22-2/h3-10,12H,11H2,1-2H3/t12-/m0/s1. The molecule has 3 rings (SSSR count). The second-order valence-corrected chi connectivity index (χ2v) is 7.25. The number of rotatable bonds is 3. The van der Waals surface area contributed by atoms with Crippen molar-refractivity contribution in [3.63, 3.8) is 0 Å². The van der Waals surface area contributed by atoms with Gasteiger partial charge in [-0.3, -0.25) is 4.31 Å². The average molecular weight is 331 g/mol. The number of ether oxygens (including phenoxy) is 1. The van der Waals surface area contributed by atoms with Crippen molar-refractivity contribution < 1.29 is 17.9 Å². The lowest BCUT2D eigenvalue weighted by Crippen LogP contribution is -2.36. The molecule has 120 valence electrons. The Morgan fingerprint density at radius 3 is 2.52 bits per heavy atom. The average Bonchev–Trinajstić information content (AvgIpc) is 2.90. The molecule has 1 atom stereocenters. The number of esters is 1. The Hall–Kier alpha value is -2.34. The molecule has 2 aromatic carbocycles. The van der Waals surface area contributed by atoms with E-state index in [0.717, 1.165) is 5.56 Å². The quantitative estimate of drug-likeness (QED) is 0.811. The van der Waals surface area contributed by atoms with E-state index in [1.54, 1.807) is 18.2 Å². The number of carbonyl (C=O) groups excluding carboxylic acids is 1. The number of benzene rings is 2. The van der Waals surface area contributed by atoms with E-state index in [0.29, 0.717) is 12.1 Å². The van der Waals surface area contributed by atoms with Crippen molar-refractivity contribution in [2.75, 3.05) is 11.4 Å². The largest absolute Gasteiger partial charge is 0.465 e. The monoisotopic (exact) mass is 331 g/mol. The van der Waals surface area contributed by atoms with E-state index in [1.807, 2.05) is 25.1 Å². The van der Waals surface area contributed by atoms with Crippen LogP contribution in [0.1, 0.15) is 22.8 Å². The van der Waals surface area contributed by atoms with Crippen molar-refractivity contribution in [2.45, 2.75) is 24.3 Å². The molecule has 6 heteroatoms. The molecule has 0 spiro atoms. The highest BCUT2D eigenvalue weighted by atomic mass is 32.2. The third kappa shape index (κ3) is 2.49. The zero-order valence-corrected chi connectivity index (χ0v) is 13.7. The number of sulfonamides is 1. The summed E-state index contributed by atoms with van der Waals surface area (Å²) in [6, 6.07) is 13.3. The van der Waals surface area contributed by atoms with Crippen molar-refractivity contribution in [3.05, 3.63) is 59.7 Å². The zero-order valence-electron chi connectivity index (χ0n) is 12.9. The van der Waals surface area contributed by atoms with E-state index in [-0.39, 0.29) is 16.5 Å². The van der Waals surface area contributed by atoms with Crippen LogP contribution in [0.3, 0.4) is 0 Å². The van der Waals surface area contributed by atoms with E-state index in [1.165, 1.54) is 23.5 Å². The first kappa shape index (κ1) is 15.6. The lowest BCUT2D eigenvalue weighted by Gasteiger charge is -2.25. The van der Waals surface area contributed by atoms with Crippen LogP contribution in [0.25, 0.3) is 0 Å². The topological polar surface area (TPSA) is 63.7 Å². The van der Waals surface area contributed by atoms with Crippen LogP contribution in [0.2, 0.25) is 0 Å². The normalized spacial score (nSPS) is 17.0. The molecule has 0 radical (unpaired) electrons. The molecule has 5 nitrogen and oxygen atoms in total. The van der Waals surface area contributed by atoms with Gasteiger partial charge < -0.3 is 4.74 Å². The minimum atomic E-state index is -3.85. The summed E-state index contributed by atoms with van der Waals surface area (Å²) in [5.74, 6) is -0.663. The summed E-state index contributed by atoms with van der Waals surface area (Å²) in [4.78, 5) is 11.9. The van der Waals surface area contributed by atoms with Crippen LogP contribution in [0.15, 0.2) is 53.4 Å². The molecule has 2 aromatic rings. The van der Waals surface area contributed by atoms with Gasteiger partial charge in [0.15, 0.2) is 0 Å². The van der Waals surface area contributed by atoms with Crippen LogP contribution in [-0.2, 0) is 21.2 Å². The van der Waals surface area contributed by atoms with Gasteiger partial charge in [0.2, 0.25) is 0 Å². The number of hydrogen-bond donors (Lipinski definition) is 0. The van der Waals surface area contributed by atoms with Crippen LogP contribution in [-0.4, -0.2) is 27.5 Å². The molecule has 0 amide bonds. The summed E-state index contributed by atoms with van der Waals surface area (Å²) >= 11 is 0. The molecular formula is C17H17NO4S. The van der Waals surface area contributed by atoms with Crippen molar-refractivity contribution >= 4 is 21.7 Å². The number of nitrogens with zero attached hydrogens (tertiary/aromatic N) is 1. The molecule has 1 heterocycles. The molecule has 0 saturated carbocycles. The minimum Gasteiger partial charge on any atom is -0.465 e. The van der Waals surface area contributed by atoms with Crippen LogP contribution in [0, 0.1) is 0 Å². The maximum atomic E-state index is 13.2. The molecule has 0 aliphatic carbocycles. The van der Waals surface area contributed by atoms with Crippen LogP contribution in [0.5, 0.6) is 0 Å². The highest BCUT2D eigenvalue weighted by molar-refractivity contribution is 7.93. The number of fused-ring (bicyclic) bond motifs is 1. The zero-order chi connectivity index (χ0) is 16.6. The van der Waals surface area contributed by atoms with Gasteiger partial charge in [0.1, 0.15) is 4.90 Å². The predicted molar refractivity (Wildman–Crippen MR) is 87.1 cm³/mol. The van der Waals surface area contributed by atoms with Crippen LogP contribution in [0.4, 0.5) is 5.69 Å². The van der Waals surface area contributed by atoms with Crippen molar-refractivity contribution in [3.8, 4) is 0 Å². The van der Waals surface area contributed by atoms with Gasteiger partial charge in [-0.25, -0.2) is 13.2 Å². The summed E-state index contributed by atoms with van der Waals surface area (Å²) in [6.45, 7) is 1.86. The first-order valence-electron chi connectivity index (χ1n) is 7.26. The van der Waals surface area contributed by atoms with Crippen LogP contribution < -0.4 is 4.31 Å². The van der Waals surface area contributed by atoms with Gasteiger partial charge in [0.05, 0.1) is 18.4 Å². The third-order valence-corrected chi connectivity index (χ3v) is 5.96. The second-order valence-electron chi connectivity index (χ2n) is 5.47. The Kier molecular flexibility index (Phi) is 3.85. The molecule has 0 aromatic heterocycles. The van der Waals surface area contributed by atoms with Crippen molar-refractivity contribution in [1.82, 2.24) is 0 Å². The molecule has 0 fully saturated rings. The molecule has 0 unspecified atom stereocenters. The summed E-state index contributed by atoms with van der Waals surface area (Å²) in [7, 11) is -2.62. The fraction of sp³-hybridized carbons (Fsp3) is 0.235. The van der Waals surface area contributed by atoms with Gasteiger partial charge in [-0.1, -0.05) is 30.3 Å². The third-order valence-electron chi connectivity index (χ3n) is 3.97. The fourth-order valence-electron chi connectivity index (χ4n) is 2.98. The summed E-state index contributed by atoms with van der Waals surface area (Å²) < 4.78 is 32.4. The Morgan fingerprint density at radius 2 is 1.78 bits per heavy atom. The van der Waals surface area contributed by atoms with Gasteiger partial charge in [0.25, 0.3) is 10.0 Å². The van der Waals surface area contributed by atoms with Crippen molar-refractivity contribution in [2.24, 2.45) is 0 Å². The van der Waals surface area contributed by atoms with Gasteiger partial charge in [-0.15, -0.1) is 0 Å². The van der Waals surface area contributed by atoms with Gasteiger partial charge in [-0.2, -0.15) is 0 Å². The Balaban J connectivity index is 2.16. The predicted octanol–water partition coefficient (Wildman–Crippen LogP) is 2.61. The maximum Gasteiger partial charge on any atom is 0.339 e. The first-order valence-corrected chi connectivity index (χ1v) is 8.70. The van der Waals surface area contributed by atoms with E-state index in [2.05, 4.69) is 0 Å². The van der Waals surface area contributed by atoms with Crippen molar-refractivity contribution in [1.29, 1.82) is 0 Å². The number of anilines is 1. The highest BCUT2D eigenvalue weighted by Gasteiger charge is 2.37. The SMILES string of the molecule is COC(=O)c1ccccc1S(=O)(=O)N1c2ccccc2C[C@@H]1C. The Morgan fingerprint density at radius 1 is 1.13 bits per heavy atom. The highest BCUT2D eigenvalue weighted by Crippen LogP contribution is 2.37. The molecule has 0 saturated heterocycles. The lowest BCUT2D eigenvalue weighted by molar-refractivity contribution is 0.0596. The molecular weight excluding hydrogens is 314 g/mol. The molecule has 23 heavy (non-hydrogen) atoms. The molecule has 0 N–H and O–H groups in total. The molecule has 1 aliphatic heterocycles. The second kappa shape index (κ2) is 5.70. The van der Waals surface area contributed by atoms with Crippen LogP contribution >= 0.6 is 0 Å². The Labute approximate surface area is 135 Å². The summed E-state index contributed by atoms with van der Waals surface area (Å²) in [5, 5.41) is 0. The smallest absolute Gasteiger partial charge is 0.339 e. The van der Waals surface area contributed by atoms with E-state index in [4.69, 9.17) is 4.74 Å². The van der Waals surface area contributed by atoms with Gasteiger partial charge in [0, 0.05) is 6.04 Å². The van der Waals surface area contributed by atoms with Gasteiger partial charge in [-0.05, 0) is 37.1 Å². The number of methoxy groups -OCH3 is 1. The maximum absolute atomic E-state index is 13.2. The fourth-order valence-corrected chi connectivity index (χ4v) is 4.86. The minimum absolute atomic E-state index is 0.0320. The summed E-state index contributed by atoms with van der Waals surface area (Å²) in [6.07, 6.45) is 0.649. The summed E-state index contributed by atoms with van der Waals surface area (Å²) in [5.41, 5.74) is 1.70. The number of para-hydroxylation sites is 1. The lowest BCUT2D eigenvalue weighted by atomic mass is 10.1. The number of hydrogen-bond acceptors (Lipinski definition) is 4.